The third-order valence-corrected chi connectivity index (χ3v) is 8.27. The number of phenolic OH excluding ortho intramolecular Hbond substituents is 3. The molecule has 1 spiro atoms. The molecule has 30 heavy (non-hydrogen) atoms. The molecule has 2 atom stereocenters. The molecule has 2 fully saturated rings. The van der Waals surface area contributed by atoms with Crippen molar-refractivity contribution in [2.75, 3.05) is 0 Å². The molecular weight excluding hydrogens is 423 g/mol. The van der Waals surface area contributed by atoms with Crippen molar-refractivity contribution in [1.29, 1.82) is 0 Å². The maximum atomic E-state index is 10.9. The fourth-order valence-electron chi connectivity index (χ4n) is 6.46. The van der Waals surface area contributed by atoms with Crippen LogP contribution in [0.25, 0.3) is 0 Å². The van der Waals surface area contributed by atoms with Crippen LogP contribution in [0.5, 0.6) is 23.0 Å². The molecule has 0 bridgehead atoms. The molecule has 2 aliphatic carbocycles. The number of rotatable bonds is 1. The number of aromatic hydroxyl groups is 3. The average Bonchev–Trinajstić information content (AvgIpc) is 2.73. The van der Waals surface area contributed by atoms with Gasteiger partial charge in [0, 0.05) is 34.6 Å². The van der Waals surface area contributed by atoms with Crippen LogP contribution >= 0.6 is 23.2 Å². The first-order valence-corrected chi connectivity index (χ1v) is 11.6. The zero-order valence-corrected chi connectivity index (χ0v) is 18.3. The number of ether oxygens (including phenoxy) is 1. The number of fused-ring (bicyclic) bond motifs is 4. The van der Waals surface area contributed by atoms with Crippen LogP contribution in [0.2, 0.25) is 10.0 Å². The zero-order chi connectivity index (χ0) is 21.1. The second-order valence-corrected chi connectivity index (χ2v) is 9.94. The molecule has 160 valence electrons. The van der Waals surface area contributed by atoms with Crippen LogP contribution in [0, 0.1) is 5.92 Å². The minimum atomic E-state index is -0.760. The number of hydrogen-bond donors (Lipinski definition) is 3. The van der Waals surface area contributed by atoms with Crippen molar-refractivity contribution in [3.63, 3.8) is 0 Å². The van der Waals surface area contributed by atoms with Gasteiger partial charge >= 0.3 is 0 Å². The lowest BCUT2D eigenvalue weighted by atomic mass is 9.51. The molecule has 0 aromatic heterocycles. The van der Waals surface area contributed by atoms with Crippen molar-refractivity contribution >= 4 is 23.2 Å². The second kappa shape index (κ2) is 7.13. The first-order chi connectivity index (χ1) is 14.4. The van der Waals surface area contributed by atoms with E-state index in [0.717, 1.165) is 56.9 Å². The Morgan fingerprint density at radius 1 is 0.733 bits per heavy atom. The van der Waals surface area contributed by atoms with Crippen LogP contribution in [-0.4, -0.2) is 15.3 Å². The van der Waals surface area contributed by atoms with Crippen LogP contribution in [0.1, 0.15) is 68.9 Å². The molecule has 2 unspecified atom stereocenters. The predicted molar refractivity (Wildman–Crippen MR) is 117 cm³/mol. The lowest BCUT2D eigenvalue weighted by Gasteiger charge is -2.58. The largest absolute Gasteiger partial charge is 0.507 e. The summed E-state index contributed by atoms with van der Waals surface area (Å²) >= 11 is 12.6. The maximum Gasteiger partial charge on any atom is 0.141 e. The summed E-state index contributed by atoms with van der Waals surface area (Å²) in [4.78, 5) is 0. The topological polar surface area (TPSA) is 69.9 Å². The van der Waals surface area contributed by atoms with E-state index in [4.69, 9.17) is 27.9 Å². The van der Waals surface area contributed by atoms with Gasteiger partial charge in [-0.1, -0.05) is 48.9 Å². The lowest BCUT2D eigenvalue weighted by molar-refractivity contribution is -0.0960. The summed E-state index contributed by atoms with van der Waals surface area (Å²) < 4.78 is 6.73. The summed E-state index contributed by atoms with van der Waals surface area (Å²) in [6.45, 7) is 0. The molecule has 2 saturated carbocycles. The van der Waals surface area contributed by atoms with Crippen LogP contribution in [0.3, 0.4) is 0 Å². The lowest BCUT2D eigenvalue weighted by Crippen LogP contribution is -2.57. The molecule has 2 aromatic rings. The van der Waals surface area contributed by atoms with Gasteiger partial charge in [0.05, 0.1) is 10.0 Å². The smallest absolute Gasteiger partial charge is 0.141 e. The molecule has 3 N–H and O–H groups in total. The highest BCUT2D eigenvalue weighted by molar-refractivity contribution is 6.32. The van der Waals surface area contributed by atoms with Gasteiger partial charge in [-0.25, -0.2) is 0 Å². The van der Waals surface area contributed by atoms with Gasteiger partial charge in [-0.3, -0.25) is 0 Å². The third kappa shape index (κ3) is 2.80. The number of hydrogen-bond acceptors (Lipinski definition) is 4. The minimum absolute atomic E-state index is 0.00116. The van der Waals surface area contributed by atoms with Gasteiger partial charge in [-0.2, -0.15) is 0 Å². The van der Waals surface area contributed by atoms with Crippen molar-refractivity contribution in [1.82, 2.24) is 0 Å². The first-order valence-electron chi connectivity index (χ1n) is 10.8. The van der Waals surface area contributed by atoms with Crippen LogP contribution in [0.4, 0.5) is 0 Å². The van der Waals surface area contributed by atoms with E-state index < -0.39 is 5.60 Å². The minimum Gasteiger partial charge on any atom is -0.507 e. The van der Waals surface area contributed by atoms with Crippen LogP contribution < -0.4 is 4.74 Å². The van der Waals surface area contributed by atoms with Gasteiger partial charge in [0.2, 0.25) is 0 Å². The number of benzene rings is 2. The summed E-state index contributed by atoms with van der Waals surface area (Å²) in [5.74, 6) is 0.643. The molecule has 0 saturated heterocycles. The standard InChI is InChI=1S/C24H26Cl2O4/c25-16-10-14(18(27)12-19(16)28)24-9-5-2-6-22(24)23(7-3-1-4-8-23)15-11-17(26)20(29)13-21(15)30-24/h10-13,22,27-29H,1-9H2. The van der Waals surface area contributed by atoms with Gasteiger partial charge in [-0.15, -0.1) is 0 Å². The fraction of sp³-hybridized carbons (Fsp3) is 0.500. The Bertz CT molecular complexity index is 999. The van der Waals surface area contributed by atoms with E-state index in [9.17, 15) is 15.3 Å². The van der Waals surface area contributed by atoms with Gasteiger partial charge < -0.3 is 20.1 Å². The van der Waals surface area contributed by atoms with Crippen molar-refractivity contribution in [2.24, 2.45) is 5.92 Å². The average molecular weight is 449 g/mol. The highest BCUT2D eigenvalue weighted by Gasteiger charge is 2.60. The molecule has 1 heterocycles. The summed E-state index contributed by atoms with van der Waals surface area (Å²) in [7, 11) is 0. The monoisotopic (exact) mass is 448 g/mol. The molecule has 5 rings (SSSR count). The van der Waals surface area contributed by atoms with Crippen molar-refractivity contribution in [2.45, 2.75) is 68.8 Å². The Morgan fingerprint density at radius 3 is 2.10 bits per heavy atom. The van der Waals surface area contributed by atoms with Gasteiger partial charge in [0.1, 0.15) is 28.6 Å². The molecule has 1 aliphatic heterocycles. The predicted octanol–water partition coefficient (Wildman–Crippen LogP) is 6.79. The Kier molecular flexibility index (Phi) is 4.79. The highest BCUT2D eigenvalue weighted by Crippen LogP contribution is 2.64. The van der Waals surface area contributed by atoms with E-state index >= 15 is 0 Å². The molecule has 6 heteroatoms. The quantitative estimate of drug-likeness (QED) is 0.448. The SMILES string of the molecule is Oc1cc2c(cc1Cl)C1(CCCCC1)C1CCCCC1(c1cc(Cl)c(O)cc1O)O2. The van der Waals surface area contributed by atoms with Crippen LogP contribution in [0.15, 0.2) is 24.3 Å². The van der Waals surface area contributed by atoms with Crippen molar-refractivity contribution < 1.29 is 20.1 Å². The van der Waals surface area contributed by atoms with Gasteiger partial charge in [-0.05, 0) is 44.2 Å². The summed E-state index contributed by atoms with van der Waals surface area (Å²) in [6, 6.07) is 6.48. The fourth-order valence-corrected chi connectivity index (χ4v) is 6.78. The van der Waals surface area contributed by atoms with E-state index in [1.165, 1.54) is 12.5 Å². The second-order valence-electron chi connectivity index (χ2n) is 9.13. The molecule has 3 aliphatic rings. The highest BCUT2D eigenvalue weighted by atomic mass is 35.5. The molecule has 0 amide bonds. The molecule has 0 radical (unpaired) electrons. The maximum absolute atomic E-state index is 10.9. The third-order valence-electron chi connectivity index (χ3n) is 7.67. The van der Waals surface area contributed by atoms with Gasteiger partial charge in [0.15, 0.2) is 0 Å². The molecular formula is C24H26Cl2O4. The van der Waals surface area contributed by atoms with Crippen LogP contribution in [-0.2, 0) is 11.0 Å². The first kappa shape index (κ1) is 20.1. The van der Waals surface area contributed by atoms with Gasteiger partial charge in [0.25, 0.3) is 0 Å². The van der Waals surface area contributed by atoms with Crippen molar-refractivity contribution in [3.05, 3.63) is 45.4 Å². The number of halogens is 2. The summed E-state index contributed by atoms with van der Waals surface area (Å²) in [6.07, 6.45) is 9.34. The molecule has 2 aromatic carbocycles. The zero-order valence-electron chi connectivity index (χ0n) is 16.8. The summed E-state index contributed by atoms with van der Waals surface area (Å²) in [5, 5.41) is 31.8. The Labute approximate surface area is 186 Å². The van der Waals surface area contributed by atoms with Crippen molar-refractivity contribution in [3.8, 4) is 23.0 Å². The van der Waals surface area contributed by atoms with E-state index in [-0.39, 0.29) is 33.6 Å². The summed E-state index contributed by atoms with van der Waals surface area (Å²) in [5.41, 5.74) is 0.821. The normalized spacial score (nSPS) is 27.2. The van der Waals surface area contributed by atoms with E-state index in [1.54, 1.807) is 12.1 Å². The Balaban J connectivity index is 1.79. The Morgan fingerprint density at radius 2 is 1.37 bits per heavy atom. The Hall–Kier alpha value is -1.78. The van der Waals surface area contributed by atoms with E-state index in [0.29, 0.717) is 16.3 Å². The van der Waals surface area contributed by atoms with E-state index in [2.05, 4.69) is 0 Å². The molecule has 4 nitrogen and oxygen atoms in total. The number of phenols is 3. The van der Waals surface area contributed by atoms with E-state index in [1.807, 2.05) is 6.07 Å².